The number of hydrogen-bond acceptors (Lipinski definition) is 5. The summed E-state index contributed by atoms with van der Waals surface area (Å²) in [6, 6.07) is 42.4. The minimum absolute atomic E-state index is 0.322. The molecule has 1 aliphatic heterocycles. The Morgan fingerprint density at radius 1 is 0.571 bits per heavy atom. The molecule has 0 N–H and O–H groups in total. The summed E-state index contributed by atoms with van der Waals surface area (Å²) in [6.45, 7) is 4.34. The third kappa shape index (κ3) is 4.31. The summed E-state index contributed by atoms with van der Waals surface area (Å²) in [7, 11) is 0. The van der Waals surface area contributed by atoms with E-state index in [0.717, 1.165) is 44.7 Å². The highest BCUT2D eigenvalue weighted by Crippen LogP contribution is 2.50. The summed E-state index contributed by atoms with van der Waals surface area (Å²) >= 11 is 0. The van der Waals surface area contributed by atoms with Crippen molar-refractivity contribution in [1.82, 2.24) is 15.0 Å². The van der Waals surface area contributed by atoms with Crippen molar-refractivity contribution < 1.29 is 4.74 Å². The first-order chi connectivity index (χ1) is 20.5. The molecular weight excluding hydrogens is 516 g/mol. The number of rotatable bonds is 4. The first-order valence-electron chi connectivity index (χ1n) is 13.9. The maximum Gasteiger partial charge on any atom is 0.164 e. The van der Waals surface area contributed by atoms with Gasteiger partial charge >= 0.3 is 0 Å². The number of aromatic nitrogens is 3. The summed E-state index contributed by atoms with van der Waals surface area (Å²) in [5.74, 6) is 3.19. The largest absolute Gasteiger partial charge is 0.455 e. The van der Waals surface area contributed by atoms with Crippen LogP contribution in [-0.2, 0) is 5.41 Å². The van der Waals surface area contributed by atoms with Gasteiger partial charge in [-0.3, -0.25) is 0 Å². The topological polar surface area (TPSA) is 71.7 Å². The number of nitriles is 1. The number of benzene rings is 5. The van der Waals surface area contributed by atoms with Crippen molar-refractivity contribution in [1.29, 1.82) is 5.26 Å². The van der Waals surface area contributed by atoms with Crippen LogP contribution in [0.3, 0.4) is 0 Å². The Morgan fingerprint density at radius 3 is 1.81 bits per heavy atom. The fourth-order valence-electron chi connectivity index (χ4n) is 5.63. The summed E-state index contributed by atoms with van der Waals surface area (Å²) in [5.41, 5.74) is 6.98. The van der Waals surface area contributed by atoms with Crippen molar-refractivity contribution in [3.8, 4) is 62.9 Å². The molecule has 5 nitrogen and oxygen atoms in total. The molecule has 0 saturated carbocycles. The zero-order chi connectivity index (χ0) is 28.7. The van der Waals surface area contributed by atoms with Crippen LogP contribution in [0.2, 0.25) is 0 Å². The Balaban J connectivity index is 1.38. The molecule has 1 aromatic heterocycles. The van der Waals surface area contributed by atoms with E-state index in [-0.39, 0.29) is 5.41 Å². The van der Waals surface area contributed by atoms with Gasteiger partial charge < -0.3 is 4.74 Å². The maximum absolute atomic E-state index is 9.77. The summed E-state index contributed by atoms with van der Waals surface area (Å²) in [5, 5.41) is 9.77. The summed E-state index contributed by atoms with van der Waals surface area (Å²) < 4.78 is 6.43. The number of fused-ring (bicyclic) bond motifs is 2. The molecule has 200 valence electrons. The van der Waals surface area contributed by atoms with E-state index in [1.165, 1.54) is 0 Å². The van der Waals surface area contributed by atoms with E-state index in [4.69, 9.17) is 19.7 Å². The Morgan fingerprint density at radius 2 is 1.17 bits per heavy atom. The second-order valence-corrected chi connectivity index (χ2v) is 10.8. The van der Waals surface area contributed by atoms with Crippen molar-refractivity contribution in [3.63, 3.8) is 0 Å². The molecule has 2 heterocycles. The van der Waals surface area contributed by atoms with Crippen LogP contribution in [0.4, 0.5) is 0 Å². The fraction of sp³-hybridized carbons (Fsp3) is 0.0811. The molecular formula is C37H26N4O. The molecule has 0 aliphatic carbocycles. The molecule has 7 rings (SSSR count). The minimum atomic E-state index is -0.322. The van der Waals surface area contributed by atoms with Crippen molar-refractivity contribution in [3.05, 3.63) is 138 Å². The van der Waals surface area contributed by atoms with E-state index in [0.29, 0.717) is 28.8 Å². The molecule has 0 fully saturated rings. The van der Waals surface area contributed by atoms with Gasteiger partial charge in [0, 0.05) is 33.2 Å². The van der Waals surface area contributed by atoms with Gasteiger partial charge in [0.25, 0.3) is 0 Å². The maximum atomic E-state index is 9.77. The third-order valence-corrected chi connectivity index (χ3v) is 7.85. The van der Waals surface area contributed by atoms with Gasteiger partial charge in [0.1, 0.15) is 17.6 Å². The average Bonchev–Trinajstić information content (AvgIpc) is 3.05. The van der Waals surface area contributed by atoms with Gasteiger partial charge in [-0.2, -0.15) is 5.26 Å². The molecule has 0 saturated heterocycles. The van der Waals surface area contributed by atoms with Crippen LogP contribution in [0.15, 0.2) is 121 Å². The monoisotopic (exact) mass is 542 g/mol. The van der Waals surface area contributed by atoms with Gasteiger partial charge in [0.05, 0.1) is 5.56 Å². The number of para-hydroxylation sites is 1. The quantitative estimate of drug-likeness (QED) is 0.222. The number of ether oxygens (including phenoxy) is 1. The highest BCUT2D eigenvalue weighted by molar-refractivity contribution is 5.83. The van der Waals surface area contributed by atoms with Crippen LogP contribution in [0.25, 0.3) is 45.3 Å². The van der Waals surface area contributed by atoms with Gasteiger partial charge in [-0.25, -0.2) is 15.0 Å². The Kier molecular flexibility index (Phi) is 6.10. The summed E-state index contributed by atoms with van der Waals surface area (Å²) in [6.07, 6.45) is 0. The fourth-order valence-corrected chi connectivity index (χ4v) is 5.63. The molecule has 0 atom stereocenters. The van der Waals surface area contributed by atoms with Crippen LogP contribution in [0.5, 0.6) is 11.5 Å². The van der Waals surface area contributed by atoms with Crippen LogP contribution in [0.1, 0.15) is 30.5 Å². The van der Waals surface area contributed by atoms with Crippen LogP contribution < -0.4 is 4.74 Å². The van der Waals surface area contributed by atoms with Crippen molar-refractivity contribution in [2.45, 2.75) is 19.3 Å². The second kappa shape index (κ2) is 10.1. The molecule has 0 spiro atoms. The highest BCUT2D eigenvalue weighted by atomic mass is 16.5. The number of nitrogens with zero attached hydrogens (tertiary/aromatic N) is 4. The lowest BCUT2D eigenvalue weighted by Crippen LogP contribution is -2.24. The smallest absolute Gasteiger partial charge is 0.164 e. The van der Waals surface area contributed by atoms with Crippen LogP contribution in [-0.4, -0.2) is 15.0 Å². The third-order valence-electron chi connectivity index (χ3n) is 7.85. The van der Waals surface area contributed by atoms with Crippen molar-refractivity contribution in [2.24, 2.45) is 0 Å². The van der Waals surface area contributed by atoms with Gasteiger partial charge in [-0.05, 0) is 23.3 Å². The first kappa shape index (κ1) is 25.4. The van der Waals surface area contributed by atoms with Crippen LogP contribution in [0, 0.1) is 11.3 Å². The molecule has 0 unspecified atom stereocenters. The predicted molar refractivity (Wildman–Crippen MR) is 165 cm³/mol. The number of hydrogen-bond donors (Lipinski definition) is 0. The van der Waals surface area contributed by atoms with Crippen molar-refractivity contribution >= 4 is 0 Å². The molecule has 0 radical (unpaired) electrons. The van der Waals surface area contributed by atoms with Gasteiger partial charge in [-0.15, -0.1) is 0 Å². The molecule has 0 amide bonds. The van der Waals surface area contributed by atoms with Gasteiger partial charge in [0.2, 0.25) is 0 Å². The van der Waals surface area contributed by atoms with E-state index >= 15 is 0 Å². The molecule has 0 bridgehead atoms. The lowest BCUT2D eigenvalue weighted by atomic mass is 9.75. The minimum Gasteiger partial charge on any atom is -0.455 e. The standard InChI is InChI=1S/C37H26N4O/c1-37(2)30-21-20-26(22-32(30)42-33-27(23-38)16-11-19-31(33)37)28-17-9-10-18-29(28)36-40-34(24-12-5-3-6-13-24)39-35(41-36)25-14-7-4-8-15-25/h3-22H,1-2H3. The lowest BCUT2D eigenvalue weighted by molar-refractivity contribution is 0.417. The highest BCUT2D eigenvalue weighted by Gasteiger charge is 2.35. The van der Waals surface area contributed by atoms with E-state index in [2.05, 4.69) is 44.2 Å². The van der Waals surface area contributed by atoms with Gasteiger partial charge in [-0.1, -0.05) is 123 Å². The molecule has 42 heavy (non-hydrogen) atoms. The van der Waals surface area contributed by atoms with E-state index < -0.39 is 0 Å². The Bertz CT molecular complexity index is 1940. The van der Waals surface area contributed by atoms with Crippen molar-refractivity contribution in [2.75, 3.05) is 0 Å². The normalized spacial score (nSPS) is 12.9. The molecule has 5 aromatic carbocycles. The Labute approximate surface area is 244 Å². The molecule has 6 aromatic rings. The zero-order valence-corrected chi connectivity index (χ0v) is 23.2. The van der Waals surface area contributed by atoms with E-state index in [1.807, 2.05) is 91.0 Å². The zero-order valence-electron chi connectivity index (χ0n) is 23.2. The van der Waals surface area contributed by atoms with Crippen LogP contribution >= 0.6 is 0 Å². The lowest BCUT2D eigenvalue weighted by Gasteiger charge is -2.35. The van der Waals surface area contributed by atoms with E-state index in [1.54, 1.807) is 6.07 Å². The average molecular weight is 543 g/mol. The molecule has 5 heteroatoms. The van der Waals surface area contributed by atoms with E-state index in [9.17, 15) is 5.26 Å². The first-order valence-corrected chi connectivity index (χ1v) is 13.9. The Hall–Kier alpha value is -5.60. The molecule has 1 aliphatic rings. The van der Waals surface area contributed by atoms with Gasteiger partial charge in [0.15, 0.2) is 17.5 Å². The second-order valence-electron chi connectivity index (χ2n) is 10.8. The SMILES string of the molecule is CC1(C)c2ccc(-c3ccccc3-c3nc(-c4ccccc4)nc(-c4ccccc4)n3)cc2Oc2c(C#N)cccc21. The summed E-state index contributed by atoms with van der Waals surface area (Å²) in [4.78, 5) is 14.8. The predicted octanol–water partition coefficient (Wildman–Crippen LogP) is 8.84.